The van der Waals surface area contributed by atoms with Crippen LogP contribution in [0.3, 0.4) is 0 Å². The Hall–Kier alpha value is -2.21. The van der Waals surface area contributed by atoms with Crippen molar-refractivity contribution in [1.29, 1.82) is 0 Å². The fraction of sp³-hybridized carbons (Fsp3) is 0.250. The Kier molecular flexibility index (Phi) is 4.92. The largest absolute Gasteiger partial charge is 0.497 e. The number of esters is 1. The first-order valence-electron chi connectivity index (χ1n) is 6.56. The van der Waals surface area contributed by atoms with Gasteiger partial charge in [-0.15, -0.1) is 0 Å². The van der Waals surface area contributed by atoms with Gasteiger partial charge in [0.2, 0.25) is 0 Å². The van der Waals surface area contributed by atoms with Gasteiger partial charge in [-0.2, -0.15) is 0 Å². The molecule has 0 atom stereocenters. The number of methoxy groups -OCH3 is 2. The molecule has 0 saturated carbocycles. The van der Waals surface area contributed by atoms with E-state index in [1.165, 1.54) is 12.0 Å². The number of fused-ring (bicyclic) bond motifs is 1. The molecule has 22 heavy (non-hydrogen) atoms. The normalized spacial score (nSPS) is 10.4. The predicted molar refractivity (Wildman–Crippen MR) is 86.8 cm³/mol. The van der Waals surface area contributed by atoms with E-state index in [2.05, 4.69) is 0 Å². The molecule has 6 heteroatoms. The summed E-state index contributed by atoms with van der Waals surface area (Å²) in [6.45, 7) is 0. The van der Waals surface area contributed by atoms with Gasteiger partial charge >= 0.3 is 5.97 Å². The van der Waals surface area contributed by atoms with Crippen molar-refractivity contribution in [3.63, 3.8) is 0 Å². The lowest BCUT2D eigenvalue weighted by Crippen LogP contribution is -2.17. The van der Waals surface area contributed by atoms with Crippen molar-refractivity contribution in [3.8, 4) is 5.75 Å². The maximum absolute atomic E-state index is 12.1. The van der Waals surface area contributed by atoms with Gasteiger partial charge in [0.1, 0.15) is 5.75 Å². The van der Waals surface area contributed by atoms with Crippen LogP contribution in [-0.2, 0) is 4.74 Å². The van der Waals surface area contributed by atoms with Crippen molar-refractivity contribution in [3.05, 3.63) is 35.9 Å². The standard InChI is InChI=1S/C16H17NO4S/c1-17(2)16(19)22-14-12(15(18)21-4)8-6-10-5-7-11(20-3)9-13(10)14/h5-9H,1-4H3. The average Bonchev–Trinajstić information content (AvgIpc) is 2.53. The zero-order chi connectivity index (χ0) is 16.3. The van der Waals surface area contributed by atoms with Crippen LogP contribution in [0.1, 0.15) is 10.4 Å². The SMILES string of the molecule is COC(=O)c1ccc2ccc(OC)cc2c1SC(=O)N(C)C. The van der Waals surface area contributed by atoms with Crippen molar-refractivity contribution in [2.45, 2.75) is 4.90 Å². The third kappa shape index (κ3) is 3.17. The molecule has 0 fully saturated rings. The number of benzene rings is 2. The summed E-state index contributed by atoms with van der Waals surface area (Å²) in [6, 6.07) is 9.03. The molecular weight excluding hydrogens is 302 g/mol. The molecule has 0 bridgehead atoms. The van der Waals surface area contributed by atoms with E-state index in [4.69, 9.17) is 9.47 Å². The van der Waals surface area contributed by atoms with E-state index in [0.29, 0.717) is 16.2 Å². The Labute approximate surface area is 133 Å². The number of carbonyl (C=O) groups is 2. The highest BCUT2D eigenvalue weighted by molar-refractivity contribution is 8.13. The minimum Gasteiger partial charge on any atom is -0.497 e. The molecule has 0 aromatic heterocycles. The summed E-state index contributed by atoms with van der Waals surface area (Å²) < 4.78 is 10.1. The molecule has 0 radical (unpaired) electrons. The highest BCUT2D eigenvalue weighted by Gasteiger charge is 2.19. The van der Waals surface area contributed by atoms with Gasteiger partial charge in [0.25, 0.3) is 5.24 Å². The summed E-state index contributed by atoms with van der Waals surface area (Å²) in [5.41, 5.74) is 0.364. The first-order valence-corrected chi connectivity index (χ1v) is 7.37. The quantitative estimate of drug-likeness (QED) is 0.641. The molecular formula is C16H17NO4S. The van der Waals surface area contributed by atoms with Gasteiger partial charge in [-0.05, 0) is 35.3 Å². The molecule has 0 saturated heterocycles. The zero-order valence-corrected chi connectivity index (χ0v) is 13.7. The van der Waals surface area contributed by atoms with E-state index in [9.17, 15) is 9.59 Å². The molecule has 2 rings (SSSR count). The van der Waals surface area contributed by atoms with Gasteiger partial charge in [-0.3, -0.25) is 4.79 Å². The van der Waals surface area contributed by atoms with Crippen molar-refractivity contribution >= 4 is 33.7 Å². The minimum absolute atomic E-state index is 0.166. The lowest BCUT2D eigenvalue weighted by atomic mass is 10.1. The second-order valence-corrected chi connectivity index (χ2v) is 5.74. The lowest BCUT2D eigenvalue weighted by molar-refractivity contribution is 0.0597. The van der Waals surface area contributed by atoms with Crippen LogP contribution in [0.4, 0.5) is 4.79 Å². The maximum atomic E-state index is 12.1. The molecule has 0 aliphatic carbocycles. The molecule has 0 aliphatic heterocycles. The molecule has 0 spiro atoms. The molecule has 2 aromatic carbocycles. The van der Waals surface area contributed by atoms with Gasteiger partial charge in [0.15, 0.2) is 0 Å². The summed E-state index contributed by atoms with van der Waals surface area (Å²) >= 11 is 1.00. The molecule has 0 unspecified atom stereocenters. The number of ether oxygens (including phenoxy) is 2. The van der Waals surface area contributed by atoms with Crippen LogP contribution in [0.5, 0.6) is 5.75 Å². The van der Waals surface area contributed by atoms with Gasteiger partial charge < -0.3 is 14.4 Å². The topological polar surface area (TPSA) is 55.8 Å². The number of amides is 1. The second kappa shape index (κ2) is 6.70. The lowest BCUT2D eigenvalue weighted by Gasteiger charge is -2.14. The summed E-state index contributed by atoms with van der Waals surface area (Å²) in [5.74, 6) is 0.187. The highest BCUT2D eigenvalue weighted by Crippen LogP contribution is 2.35. The van der Waals surface area contributed by atoms with E-state index in [0.717, 1.165) is 22.5 Å². The Bertz CT molecular complexity index is 727. The van der Waals surface area contributed by atoms with Gasteiger partial charge in [-0.1, -0.05) is 12.1 Å². The molecule has 116 valence electrons. The Balaban J connectivity index is 2.67. The molecule has 0 N–H and O–H groups in total. The predicted octanol–water partition coefficient (Wildman–Crippen LogP) is 3.41. The maximum Gasteiger partial charge on any atom is 0.339 e. The van der Waals surface area contributed by atoms with Crippen LogP contribution in [0.15, 0.2) is 35.2 Å². The van der Waals surface area contributed by atoms with Crippen LogP contribution in [0, 0.1) is 0 Å². The van der Waals surface area contributed by atoms with Crippen LogP contribution in [-0.4, -0.2) is 44.4 Å². The fourth-order valence-corrected chi connectivity index (χ4v) is 2.86. The van der Waals surface area contributed by atoms with Crippen LogP contribution in [0.2, 0.25) is 0 Å². The summed E-state index contributed by atoms with van der Waals surface area (Å²) in [5, 5.41) is 1.53. The third-order valence-electron chi connectivity index (χ3n) is 3.14. The van der Waals surface area contributed by atoms with E-state index in [1.54, 1.807) is 27.3 Å². The molecule has 5 nitrogen and oxygen atoms in total. The Morgan fingerprint density at radius 1 is 1.09 bits per heavy atom. The highest BCUT2D eigenvalue weighted by atomic mass is 32.2. The summed E-state index contributed by atoms with van der Waals surface area (Å²) in [6.07, 6.45) is 0. The van der Waals surface area contributed by atoms with Crippen molar-refractivity contribution in [2.75, 3.05) is 28.3 Å². The molecule has 0 aliphatic rings. The van der Waals surface area contributed by atoms with Crippen LogP contribution in [0.25, 0.3) is 10.8 Å². The molecule has 2 aromatic rings. The number of hydrogen-bond acceptors (Lipinski definition) is 5. The second-order valence-electron chi connectivity index (χ2n) is 4.78. The van der Waals surface area contributed by atoms with Crippen molar-refractivity contribution in [1.82, 2.24) is 4.90 Å². The van der Waals surface area contributed by atoms with Gasteiger partial charge in [0, 0.05) is 24.4 Å². The monoisotopic (exact) mass is 319 g/mol. The third-order valence-corrected chi connectivity index (χ3v) is 4.32. The van der Waals surface area contributed by atoms with Crippen molar-refractivity contribution in [2.24, 2.45) is 0 Å². The van der Waals surface area contributed by atoms with Gasteiger partial charge in [0.05, 0.1) is 19.8 Å². The molecule has 1 amide bonds. The van der Waals surface area contributed by atoms with E-state index >= 15 is 0 Å². The summed E-state index contributed by atoms with van der Waals surface area (Å²) in [7, 11) is 6.22. The number of rotatable bonds is 3. The van der Waals surface area contributed by atoms with Crippen LogP contribution >= 0.6 is 11.8 Å². The van der Waals surface area contributed by atoms with E-state index < -0.39 is 5.97 Å². The average molecular weight is 319 g/mol. The van der Waals surface area contributed by atoms with Crippen LogP contribution < -0.4 is 4.74 Å². The van der Waals surface area contributed by atoms with Gasteiger partial charge in [-0.25, -0.2) is 4.79 Å². The minimum atomic E-state index is -0.473. The number of hydrogen-bond donors (Lipinski definition) is 0. The molecule has 0 heterocycles. The van der Waals surface area contributed by atoms with Crippen molar-refractivity contribution < 1.29 is 19.1 Å². The first kappa shape index (κ1) is 16.2. The zero-order valence-electron chi connectivity index (χ0n) is 12.9. The first-order chi connectivity index (χ1) is 10.5. The summed E-state index contributed by atoms with van der Waals surface area (Å²) in [4.78, 5) is 26.1. The van der Waals surface area contributed by atoms with E-state index in [1.807, 2.05) is 24.3 Å². The number of nitrogens with zero attached hydrogens (tertiary/aromatic N) is 1. The van der Waals surface area contributed by atoms with E-state index in [-0.39, 0.29) is 5.24 Å². The smallest absolute Gasteiger partial charge is 0.339 e. The number of thioether (sulfide) groups is 1. The Morgan fingerprint density at radius 2 is 1.77 bits per heavy atom. The Morgan fingerprint density at radius 3 is 2.36 bits per heavy atom. The number of carbonyl (C=O) groups excluding carboxylic acids is 2. The fourth-order valence-electron chi connectivity index (χ4n) is 1.96.